The van der Waals surface area contributed by atoms with E-state index in [4.69, 9.17) is 28.9 Å². The number of nitrogens with one attached hydrogen (secondary N) is 1. The van der Waals surface area contributed by atoms with Crippen molar-refractivity contribution in [2.45, 2.75) is 26.3 Å². The highest BCUT2D eigenvalue weighted by Gasteiger charge is 2.18. The number of nitrogens with zero attached hydrogens (tertiary/aromatic N) is 1. The number of hydrogen-bond donors (Lipinski definition) is 2. The first kappa shape index (κ1) is 16.1. The summed E-state index contributed by atoms with van der Waals surface area (Å²) in [6.45, 7) is 3.94. The molecule has 2 rings (SSSR count). The minimum absolute atomic E-state index is 0.198. The van der Waals surface area contributed by atoms with Crippen LogP contribution in [-0.4, -0.2) is 10.9 Å². The molecule has 0 fully saturated rings. The second-order valence-corrected chi connectivity index (χ2v) is 6.51. The first-order valence-electron chi connectivity index (χ1n) is 6.42. The number of carbonyl (C=O) groups is 1. The first-order valence-corrected chi connectivity index (χ1v) is 7.99. The van der Waals surface area contributed by atoms with Gasteiger partial charge in [0, 0.05) is 16.8 Å². The summed E-state index contributed by atoms with van der Waals surface area (Å²) in [4.78, 5) is 17.8. The Kier molecular flexibility index (Phi) is 5.08. The van der Waals surface area contributed by atoms with Gasteiger partial charge in [-0.15, -0.1) is 11.3 Å². The van der Waals surface area contributed by atoms with E-state index in [0.29, 0.717) is 5.69 Å². The smallest absolute Gasteiger partial charge is 0.253 e. The van der Waals surface area contributed by atoms with Crippen LogP contribution in [0, 0.1) is 0 Å². The molecule has 0 aliphatic rings. The third-order valence-electron chi connectivity index (χ3n) is 2.93. The molecular weight excluding hydrogens is 329 g/mol. The number of aromatic nitrogens is 1. The van der Waals surface area contributed by atoms with Gasteiger partial charge in [0.05, 0.1) is 21.7 Å². The van der Waals surface area contributed by atoms with Gasteiger partial charge in [-0.05, 0) is 25.5 Å². The van der Waals surface area contributed by atoms with Crippen LogP contribution in [0.4, 0.5) is 5.69 Å². The lowest BCUT2D eigenvalue weighted by atomic mass is 10.1. The predicted molar refractivity (Wildman–Crippen MR) is 88.2 cm³/mol. The van der Waals surface area contributed by atoms with Crippen molar-refractivity contribution in [1.29, 1.82) is 0 Å². The molecule has 0 radical (unpaired) electrons. The number of carbonyl (C=O) groups excluding carboxylic acids is 1. The summed E-state index contributed by atoms with van der Waals surface area (Å²) in [5, 5.41) is 4.17. The minimum Gasteiger partial charge on any atom is -0.399 e. The number of halogens is 2. The number of benzene rings is 1. The lowest BCUT2D eigenvalue weighted by molar-refractivity contribution is 0.0940. The van der Waals surface area contributed by atoms with Crippen molar-refractivity contribution in [2.24, 2.45) is 0 Å². The molecule has 1 amide bonds. The maximum absolute atomic E-state index is 12.3. The largest absolute Gasteiger partial charge is 0.399 e. The summed E-state index contributed by atoms with van der Waals surface area (Å²) in [5.41, 5.74) is 6.35. The van der Waals surface area contributed by atoms with Gasteiger partial charge in [0.1, 0.15) is 5.01 Å². The van der Waals surface area contributed by atoms with Crippen molar-refractivity contribution in [3.8, 4) is 0 Å². The molecule has 0 saturated carbocycles. The van der Waals surface area contributed by atoms with Crippen LogP contribution < -0.4 is 11.1 Å². The number of hydrogen-bond acceptors (Lipinski definition) is 4. The number of nitrogens with two attached hydrogens (primary N) is 1. The topological polar surface area (TPSA) is 68.0 Å². The van der Waals surface area contributed by atoms with Gasteiger partial charge >= 0.3 is 0 Å². The monoisotopic (exact) mass is 343 g/mol. The SMILES string of the molecule is CCc1cnc(C(C)NC(=O)c2cc(N)cc(Cl)c2Cl)s1. The molecule has 1 atom stereocenters. The molecule has 0 aliphatic heterocycles. The Morgan fingerprint density at radius 1 is 1.48 bits per heavy atom. The van der Waals surface area contributed by atoms with E-state index in [1.807, 2.05) is 13.1 Å². The number of amides is 1. The van der Waals surface area contributed by atoms with Crippen LogP contribution in [0.2, 0.25) is 10.0 Å². The van der Waals surface area contributed by atoms with Gasteiger partial charge in [-0.3, -0.25) is 4.79 Å². The lowest BCUT2D eigenvalue weighted by Crippen LogP contribution is -2.27. The third-order valence-corrected chi connectivity index (χ3v) is 5.06. The zero-order valence-corrected chi connectivity index (χ0v) is 13.9. The van der Waals surface area contributed by atoms with Crippen LogP contribution in [-0.2, 0) is 6.42 Å². The zero-order chi connectivity index (χ0) is 15.6. The molecular formula is C14H15Cl2N3OS. The summed E-state index contributed by atoms with van der Waals surface area (Å²) in [6, 6.07) is 2.81. The number of anilines is 1. The summed E-state index contributed by atoms with van der Waals surface area (Å²) in [6.07, 6.45) is 2.75. The fraction of sp³-hybridized carbons (Fsp3) is 0.286. The van der Waals surface area contributed by atoms with Gasteiger partial charge in [-0.2, -0.15) is 0 Å². The normalized spacial score (nSPS) is 12.2. The highest BCUT2D eigenvalue weighted by molar-refractivity contribution is 7.11. The van der Waals surface area contributed by atoms with Crippen molar-refractivity contribution < 1.29 is 4.79 Å². The standard InChI is InChI=1S/C14H15Cl2N3OS/c1-3-9-6-18-14(21-9)7(2)19-13(20)10-4-8(17)5-11(15)12(10)16/h4-7H,3,17H2,1-2H3,(H,19,20). The molecule has 1 aromatic heterocycles. The van der Waals surface area contributed by atoms with E-state index < -0.39 is 0 Å². The van der Waals surface area contributed by atoms with Crippen LogP contribution in [0.1, 0.15) is 40.1 Å². The minimum atomic E-state index is -0.324. The Hall–Kier alpha value is -1.30. The quantitative estimate of drug-likeness (QED) is 0.821. The summed E-state index contributed by atoms with van der Waals surface area (Å²) < 4.78 is 0. The molecule has 1 heterocycles. The molecule has 3 N–H and O–H groups in total. The Balaban J connectivity index is 2.18. The Morgan fingerprint density at radius 3 is 2.81 bits per heavy atom. The number of thiazole rings is 1. The fourth-order valence-electron chi connectivity index (χ4n) is 1.80. The Bertz CT molecular complexity index is 672. The molecule has 21 heavy (non-hydrogen) atoms. The van der Waals surface area contributed by atoms with Crippen molar-refractivity contribution in [3.63, 3.8) is 0 Å². The molecule has 0 aliphatic carbocycles. The first-order chi connectivity index (χ1) is 9.92. The van der Waals surface area contributed by atoms with Crippen LogP contribution >= 0.6 is 34.5 Å². The molecule has 7 heteroatoms. The molecule has 2 aromatic rings. The molecule has 1 aromatic carbocycles. The maximum atomic E-state index is 12.3. The molecule has 0 spiro atoms. The second-order valence-electron chi connectivity index (χ2n) is 4.58. The van der Waals surface area contributed by atoms with E-state index in [2.05, 4.69) is 17.2 Å². The fourth-order valence-corrected chi connectivity index (χ4v) is 3.08. The maximum Gasteiger partial charge on any atom is 0.253 e. The van der Waals surface area contributed by atoms with Crippen molar-refractivity contribution >= 4 is 46.1 Å². The molecule has 0 saturated heterocycles. The van der Waals surface area contributed by atoms with E-state index in [1.54, 1.807) is 11.3 Å². The third kappa shape index (κ3) is 3.67. The van der Waals surface area contributed by atoms with Gasteiger partial charge in [0.15, 0.2) is 0 Å². The summed E-state index contributed by atoms with van der Waals surface area (Å²) >= 11 is 13.6. The van der Waals surface area contributed by atoms with E-state index in [-0.39, 0.29) is 27.6 Å². The van der Waals surface area contributed by atoms with Gasteiger partial charge in [0.25, 0.3) is 5.91 Å². The Labute approximate surface area is 137 Å². The molecule has 1 unspecified atom stereocenters. The van der Waals surface area contributed by atoms with Crippen LogP contribution in [0.5, 0.6) is 0 Å². The van der Waals surface area contributed by atoms with Crippen LogP contribution in [0.15, 0.2) is 18.3 Å². The van der Waals surface area contributed by atoms with E-state index in [1.165, 1.54) is 17.0 Å². The van der Waals surface area contributed by atoms with Gasteiger partial charge in [-0.25, -0.2) is 4.98 Å². The summed E-state index contributed by atoms with van der Waals surface area (Å²) in [7, 11) is 0. The number of rotatable bonds is 4. The second kappa shape index (κ2) is 6.64. The van der Waals surface area contributed by atoms with Gasteiger partial charge in [0.2, 0.25) is 0 Å². The average Bonchev–Trinajstić information content (AvgIpc) is 2.91. The Morgan fingerprint density at radius 2 is 2.19 bits per heavy atom. The average molecular weight is 344 g/mol. The number of nitrogen functional groups attached to an aromatic ring is 1. The van der Waals surface area contributed by atoms with Gasteiger partial charge in [-0.1, -0.05) is 30.1 Å². The molecule has 112 valence electrons. The van der Waals surface area contributed by atoms with E-state index in [9.17, 15) is 4.79 Å². The highest BCUT2D eigenvalue weighted by Crippen LogP contribution is 2.29. The molecule has 0 bridgehead atoms. The highest BCUT2D eigenvalue weighted by atomic mass is 35.5. The van der Waals surface area contributed by atoms with Crippen LogP contribution in [0.3, 0.4) is 0 Å². The van der Waals surface area contributed by atoms with Crippen LogP contribution in [0.25, 0.3) is 0 Å². The summed E-state index contributed by atoms with van der Waals surface area (Å²) in [5.74, 6) is -0.324. The lowest BCUT2D eigenvalue weighted by Gasteiger charge is -2.13. The van der Waals surface area contributed by atoms with Crippen molar-refractivity contribution in [2.75, 3.05) is 5.73 Å². The van der Waals surface area contributed by atoms with E-state index >= 15 is 0 Å². The van der Waals surface area contributed by atoms with Gasteiger partial charge < -0.3 is 11.1 Å². The van der Waals surface area contributed by atoms with E-state index in [0.717, 1.165) is 11.4 Å². The van der Waals surface area contributed by atoms with Crippen molar-refractivity contribution in [3.05, 3.63) is 43.8 Å². The zero-order valence-electron chi connectivity index (χ0n) is 11.6. The number of aryl methyl sites for hydroxylation is 1. The molecule has 4 nitrogen and oxygen atoms in total. The van der Waals surface area contributed by atoms with Crippen molar-refractivity contribution in [1.82, 2.24) is 10.3 Å². The predicted octanol–water partition coefficient (Wildman–Crippen LogP) is 4.09.